The van der Waals surface area contributed by atoms with Gasteiger partial charge in [0, 0.05) is 0 Å². The summed E-state index contributed by atoms with van der Waals surface area (Å²) in [6.07, 6.45) is 1.63. The van der Waals surface area contributed by atoms with E-state index in [1.54, 1.807) is 18.2 Å². The second kappa shape index (κ2) is 3.79. The predicted molar refractivity (Wildman–Crippen MR) is 51.0 cm³/mol. The Hall–Kier alpha value is -1.03. The molecular weight excluding hydrogens is 188 g/mol. The molecule has 1 aromatic rings. The summed E-state index contributed by atoms with van der Waals surface area (Å²) in [5.74, 6) is 0.337. The van der Waals surface area contributed by atoms with Gasteiger partial charge in [-0.1, -0.05) is 12.1 Å². The van der Waals surface area contributed by atoms with Crippen LogP contribution in [0.5, 0.6) is 5.75 Å². The number of rotatable bonds is 3. The van der Waals surface area contributed by atoms with E-state index in [9.17, 15) is 8.42 Å². The SMILES string of the molecule is [CH2]Cc1cccc(OS(C)(=O)=O)c1. The molecule has 0 saturated carbocycles. The number of hydrogen-bond donors (Lipinski definition) is 0. The molecule has 1 radical (unpaired) electrons. The van der Waals surface area contributed by atoms with Crippen LogP contribution >= 0.6 is 0 Å². The maximum absolute atomic E-state index is 10.8. The van der Waals surface area contributed by atoms with Crippen molar-refractivity contribution in [2.24, 2.45) is 0 Å². The lowest BCUT2D eigenvalue weighted by Crippen LogP contribution is -2.05. The quantitative estimate of drug-likeness (QED) is 0.691. The van der Waals surface area contributed by atoms with E-state index >= 15 is 0 Å². The van der Waals surface area contributed by atoms with Crippen LogP contribution in [0.15, 0.2) is 24.3 Å². The molecule has 3 nitrogen and oxygen atoms in total. The van der Waals surface area contributed by atoms with Crippen molar-refractivity contribution in [1.82, 2.24) is 0 Å². The zero-order chi connectivity index (χ0) is 9.90. The fourth-order valence-corrected chi connectivity index (χ4v) is 1.38. The summed E-state index contributed by atoms with van der Waals surface area (Å²) >= 11 is 0. The Bertz CT molecular complexity index is 382. The van der Waals surface area contributed by atoms with Crippen molar-refractivity contribution in [3.63, 3.8) is 0 Å². The summed E-state index contributed by atoms with van der Waals surface area (Å²) in [6, 6.07) is 6.86. The second-order valence-electron chi connectivity index (χ2n) is 2.68. The van der Waals surface area contributed by atoms with Crippen molar-refractivity contribution < 1.29 is 12.6 Å². The Labute approximate surface area is 78.5 Å². The third kappa shape index (κ3) is 3.46. The van der Waals surface area contributed by atoms with Gasteiger partial charge in [-0.25, -0.2) is 0 Å². The van der Waals surface area contributed by atoms with Gasteiger partial charge in [-0.15, -0.1) is 0 Å². The first-order valence-electron chi connectivity index (χ1n) is 3.79. The summed E-state index contributed by atoms with van der Waals surface area (Å²) in [7, 11) is -3.42. The van der Waals surface area contributed by atoms with E-state index in [4.69, 9.17) is 0 Å². The molecule has 0 atom stereocenters. The molecule has 0 heterocycles. The van der Waals surface area contributed by atoms with Gasteiger partial charge in [0.05, 0.1) is 6.26 Å². The van der Waals surface area contributed by atoms with Gasteiger partial charge < -0.3 is 4.18 Å². The van der Waals surface area contributed by atoms with Gasteiger partial charge in [0.25, 0.3) is 0 Å². The Morgan fingerprint density at radius 2 is 2.15 bits per heavy atom. The normalized spacial score (nSPS) is 11.2. The van der Waals surface area contributed by atoms with Crippen LogP contribution in [0.25, 0.3) is 0 Å². The zero-order valence-corrected chi connectivity index (χ0v) is 8.17. The molecule has 0 aliphatic heterocycles. The lowest BCUT2D eigenvalue weighted by molar-refractivity contribution is 0.493. The highest BCUT2D eigenvalue weighted by Crippen LogP contribution is 2.14. The highest BCUT2D eigenvalue weighted by molar-refractivity contribution is 7.86. The van der Waals surface area contributed by atoms with Crippen molar-refractivity contribution in [2.75, 3.05) is 6.26 Å². The minimum absolute atomic E-state index is 0.337. The fraction of sp³-hybridized carbons (Fsp3) is 0.222. The molecule has 13 heavy (non-hydrogen) atoms. The van der Waals surface area contributed by atoms with Crippen LogP contribution in [-0.4, -0.2) is 14.7 Å². The molecule has 0 spiro atoms. The Kier molecular flexibility index (Phi) is 2.93. The molecule has 0 aromatic heterocycles. The topological polar surface area (TPSA) is 43.4 Å². The monoisotopic (exact) mass is 199 g/mol. The van der Waals surface area contributed by atoms with E-state index < -0.39 is 10.1 Å². The van der Waals surface area contributed by atoms with Gasteiger partial charge in [0.2, 0.25) is 0 Å². The minimum Gasteiger partial charge on any atom is -0.383 e. The van der Waals surface area contributed by atoms with Gasteiger partial charge in [0.1, 0.15) is 5.75 Å². The van der Waals surface area contributed by atoms with Crippen LogP contribution in [0.1, 0.15) is 5.56 Å². The summed E-state index contributed by atoms with van der Waals surface area (Å²) in [4.78, 5) is 0. The standard InChI is InChI=1S/C9H11O3S/c1-3-8-5-4-6-9(7-8)12-13(2,10)11/h4-7H,1,3H2,2H3. The average molecular weight is 199 g/mol. The largest absolute Gasteiger partial charge is 0.383 e. The van der Waals surface area contributed by atoms with E-state index in [0.717, 1.165) is 11.8 Å². The third-order valence-electron chi connectivity index (χ3n) is 1.43. The lowest BCUT2D eigenvalue weighted by Gasteiger charge is -2.03. The number of hydrogen-bond acceptors (Lipinski definition) is 3. The van der Waals surface area contributed by atoms with E-state index in [1.165, 1.54) is 0 Å². The molecule has 1 rings (SSSR count). The van der Waals surface area contributed by atoms with Crippen molar-refractivity contribution >= 4 is 10.1 Å². The lowest BCUT2D eigenvalue weighted by atomic mass is 10.2. The molecule has 0 aliphatic carbocycles. The van der Waals surface area contributed by atoms with Crippen LogP contribution in [0.4, 0.5) is 0 Å². The molecule has 4 heteroatoms. The Morgan fingerprint density at radius 3 is 2.69 bits per heavy atom. The van der Waals surface area contributed by atoms with E-state index in [-0.39, 0.29) is 0 Å². The first-order chi connectivity index (χ1) is 6.01. The molecular formula is C9H11O3S. The van der Waals surface area contributed by atoms with E-state index in [0.29, 0.717) is 12.2 Å². The molecule has 0 aliphatic rings. The summed E-state index contributed by atoms with van der Waals surface area (Å²) in [5, 5.41) is 0. The highest BCUT2D eigenvalue weighted by atomic mass is 32.2. The van der Waals surface area contributed by atoms with Gasteiger partial charge in [-0.05, 0) is 31.0 Å². The van der Waals surface area contributed by atoms with Gasteiger partial charge in [0.15, 0.2) is 0 Å². The Balaban J connectivity index is 2.90. The second-order valence-corrected chi connectivity index (χ2v) is 4.26. The molecule has 71 valence electrons. The van der Waals surface area contributed by atoms with Crippen LogP contribution in [0.3, 0.4) is 0 Å². The van der Waals surface area contributed by atoms with Gasteiger partial charge in [-0.2, -0.15) is 8.42 Å². The third-order valence-corrected chi connectivity index (χ3v) is 1.93. The summed E-state index contributed by atoms with van der Waals surface area (Å²) in [6.45, 7) is 3.69. The molecule has 0 amide bonds. The Morgan fingerprint density at radius 1 is 1.46 bits per heavy atom. The molecule has 0 fully saturated rings. The smallest absolute Gasteiger partial charge is 0.306 e. The maximum atomic E-state index is 10.8. The molecule has 0 N–H and O–H groups in total. The first-order valence-corrected chi connectivity index (χ1v) is 5.60. The van der Waals surface area contributed by atoms with Crippen LogP contribution < -0.4 is 4.18 Å². The van der Waals surface area contributed by atoms with Crippen LogP contribution in [0.2, 0.25) is 0 Å². The molecule has 1 aromatic carbocycles. The maximum Gasteiger partial charge on any atom is 0.306 e. The van der Waals surface area contributed by atoms with Gasteiger partial charge in [-0.3, -0.25) is 0 Å². The highest BCUT2D eigenvalue weighted by Gasteiger charge is 2.03. The van der Waals surface area contributed by atoms with Crippen molar-refractivity contribution in [1.29, 1.82) is 0 Å². The summed E-state index contributed by atoms with van der Waals surface area (Å²) < 4.78 is 26.2. The van der Waals surface area contributed by atoms with E-state index in [1.807, 2.05) is 6.07 Å². The van der Waals surface area contributed by atoms with Gasteiger partial charge >= 0.3 is 10.1 Å². The molecule has 0 saturated heterocycles. The van der Waals surface area contributed by atoms with E-state index in [2.05, 4.69) is 11.1 Å². The van der Waals surface area contributed by atoms with Crippen molar-refractivity contribution in [3.05, 3.63) is 36.8 Å². The summed E-state index contributed by atoms with van der Waals surface area (Å²) in [5.41, 5.74) is 0.946. The van der Waals surface area contributed by atoms with Crippen LogP contribution in [-0.2, 0) is 16.5 Å². The molecule has 0 bridgehead atoms. The van der Waals surface area contributed by atoms with Crippen molar-refractivity contribution in [2.45, 2.75) is 6.42 Å². The molecule has 0 unspecified atom stereocenters. The predicted octanol–water partition coefficient (Wildman–Crippen LogP) is 1.40. The first kappa shape index (κ1) is 10.1. The minimum atomic E-state index is -3.42. The van der Waals surface area contributed by atoms with Crippen LogP contribution in [0, 0.1) is 6.92 Å². The van der Waals surface area contributed by atoms with Crippen molar-refractivity contribution in [3.8, 4) is 5.75 Å². The fourth-order valence-electron chi connectivity index (χ4n) is 0.928. The number of benzene rings is 1. The average Bonchev–Trinajstić information content (AvgIpc) is 2.01. The zero-order valence-electron chi connectivity index (χ0n) is 7.36.